The highest BCUT2D eigenvalue weighted by Gasteiger charge is 2.15. The second-order valence-corrected chi connectivity index (χ2v) is 7.70. The van der Waals surface area contributed by atoms with E-state index in [0.717, 1.165) is 26.9 Å². The molecule has 0 amide bonds. The van der Waals surface area contributed by atoms with Crippen molar-refractivity contribution in [1.29, 1.82) is 0 Å². The van der Waals surface area contributed by atoms with Crippen LogP contribution in [0.25, 0.3) is 21.5 Å². The highest BCUT2D eigenvalue weighted by molar-refractivity contribution is 7.18. The maximum atomic E-state index is 6.30. The van der Waals surface area contributed by atoms with E-state index < -0.39 is 0 Å². The molecule has 0 saturated heterocycles. The Balaban J connectivity index is 1.57. The summed E-state index contributed by atoms with van der Waals surface area (Å²) in [5, 5.41) is 5.70. The third-order valence-corrected chi connectivity index (χ3v) is 5.67. The van der Waals surface area contributed by atoms with E-state index in [0.29, 0.717) is 22.4 Å². The standard InChI is InChI=1S/C19H16ClN3O2S/c1-10-4-5-14(15(20)6-10)16-7-13(25-23-16)8-24-18-17-11(2)12(3)26-19(17)22-9-21-18/h4-7,9H,8H2,1-3H3. The van der Waals surface area contributed by atoms with E-state index in [2.05, 4.69) is 29.0 Å². The van der Waals surface area contributed by atoms with Gasteiger partial charge in [-0.1, -0.05) is 28.9 Å². The Bertz CT molecular complexity index is 1100. The molecule has 0 N–H and O–H groups in total. The monoisotopic (exact) mass is 385 g/mol. The van der Waals surface area contributed by atoms with E-state index in [9.17, 15) is 0 Å². The summed E-state index contributed by atoms with van der Waals surface area (Å²) in [7, 11) is 0. The third-order valence-electron chi connectivity index (χ3n) is 4.24. The largest absolute Gasteiger partial charge is 0.469 e. The van der Waals surface area contributed by atoms with Gasteiger partial charge in [0, 0.05) is 16.5 Å². The second-order valence-electron chi connectivity index (χ2n) is 6.09. The van der Waals surface area contributed by atoms with Crippen molar-refractivity contribution in [1.82, 2.24) is 15.1 Å². The molecule has 7 heteroatoms. The molecule has 0 bridgehead atoms. The fourth-order valence-corrected chi connectivity index (χ4v) is 4.05. The number of hydrogen-bond acceptors (Lipinski definition) is 6. The fraction of sp³-hybridized carbons (Fsp3) is 0.211. The Kier molecular flexibility index (Phi) is 4.38. The van der Waals surface area contributed by atoms with Gasteiger partial charge < -0.3 is 9.26 Å². The minimum Gasteiger partial charge on any atom is -0.469 e. The van der Waals surface area contributed by atoms with Gasteiger partial charge in [0.1, 0.15) is 16.9 Å². The summed E-state index contributed by atoms with van der Waals surface area (Å²) in [5.74, 6) is 1.16. The van der Waals surface area contributed by atoms with E-state index >= 15 is 0 Å². The SMILES string of the molecule is Cc1ccc(-c2cc(COc3ncnc4sc(C)c(C)c34)on2)c(Cl)c1. The van der Waals surface area contributed by atoms with Crippen LogP contribution in [0, 0.1) is 20.8 Å². The number of ether oxygens (including phenoxy) is 1. The molecular weight excluding hydrogens is 370 g/mol. The summed E-state index contributed by atoms with van der Waals surface area (Å²) in [6.45, 7) is 6.35. The minimum absolute atomic E-state index is 0.233. The summed E-state index contributed by atoms with van der Waals surface area (Å²) >= 11 is 7.94. The van der Waals surface area contributed by atoms with Crippen LogP contribution in [0.5, 0.6) is 5.88 Å². The lowest BCUT2D eigenvalue weighted by molar-refractivity contribution is 0.244. The summed E-state index contributed by atoms with van der Waals surface area (Å²) in [6, 6.07) is 7.67. The quantitative estimate of drug-likeness (QED) is 0.464. The number of hydrogen-bond donors (Lipinski definition) is 0. The maximum Gasteiger partial charge on any atom is 0.226 e. The van der Waals surface area contributed by atoms with Gasteiger partial charge in [-0.2, -0.15) is 0 Å². The lowest BCUT2D eigenvalue weighted by atomic mass is 10.1. The molecule has 3 aromatic heterocycles. The zero-order valence-corrected chi connectivity index (χ0v) is 16.1. The first-order chi connectivity index (χ1) is 12.5. The maximum absolute atomic E-state index is 6.30. The number of halogens is 1. The number of aromatic nitrogens is 3. The topological polar surface area (TPSA) is 61.0 Å². The van der Waals surface area contributed by atoms with Crippen LogP contribution in [0.4, 0.5) is 0 Å². The van der Waals surface area contributed by atoms with Crippen LogP contribution in [0.1, 0.15) is 21.8 Å². The summed E-state index contributed by atoms with van der Waals surface area (Å²) in [6.07, 6.45) is 1.52. The van der Waals surface area contributed by atoms with Crippen molar-refractivity contribution in [2.45, 2.75) is 27.4 Å². The van der Waals surface area contributed by atoms with Crippen LogP contribution in [-0.2, 0) is 6.61 Å². The average molecular weight is 386 g/mol. The van der Waals surface area contributed by atoms with Crippen molar-refractivity contribution in [3.63, 3.8) is 0 Å². The molecule has 0 radical (unpaired) electrons. The molecule has 1 aromatic carbocycles. The van der Waals surface area contributed by atoms with Crippen molar-refractivity contribution >= 4 is 33.2 Å². The van der Waals surface area contributed by atoms with Gasteiger partial charge in [0.05, 0.1) is 10.4 Å². The molecule has 0 aliphatic rings. The molecule has 132 valence electrons. The number of benzene rings is 1. The number of nitrogens with zero attached hydrogens (tertiary/aromatic N) is 3. The Morgan fingerprint density at radius 2 is 2.00 bits per heavy atom. The third kappa shape index (κ3) is 3.06. The second kappa shape index (κ2) is 6.70. The van der Waals surface area contributed by atoms with Crippen molar-refractivity contribution in [3.05, 3.63) is 57.4 Å². The Morgan fingerprint density at radius 1 is 1.15 bits per heavy atom. The van der Waals surface area contributed by atoms with E-state index in [1.807, 2.05) is 31.2 Å². The Labute approximate surface area is 159 Å². The predicted octanol–water partition coefficient (Wildman–Crippen LogP) is 5.50. The van der Waals surface area contributed by atoms with E-state index in [4.69, 9.17) is 20.9 Å². The van der Waals surface area contributed by atoms with Crippen LogP contribution in [0.3, 0.4) is 0 Å². The van der Waals surface area contributed by atoms with Crippen LogP contribution < -0.4 is 4.74 Å². The van der Waals surface area contributed by atoms with Gasteiger partial charge in [0.15, 0.2) is 12.4 Å². The van der Waals surface area contributed by atoms with E-state index in [-0.39, 0.29) is 6.61 Å². The Morgan fingerprint density at radius 3 is 2.81 bits per heavy atom. The first-order valence-corrected chi connectivity index (χ1v) is 9.28. The minimum atomic E-state index is 0.233. The number of rotatable bonds is 4. The molecule has 5 nitrogen and oxygen atoms in total. The molecule has 3 heterocycles. The first-order valence-electron chi connectivity index (χ1n) is 8.08. The van der Waals surface area contributed by atoms with Gasteiger partial charge in [-0.05, 0) is 38.0 Å². The van der Waals surface area contributed by atoms with Gasteiger partial charge in [-0.3, -0.25) is 0 Å². The lowest BCUT2D eigenvalue weighted by Gasteiger charge is -2.04. The number of aryl methyl sites for hydroxylation is 3. The molecule has 0 aliphatic heterocycles. The van der Waals surface area contributed by atoms with Crippen molar-refractivity contribution < 1.29 is 9.26 Å². The normalized spacial score (nSPS) is 11.2. The van der Waals surface area contributed by atoms with Crippen molar-refractivity contribution in [2.75, 3.05) is 0 Å². The average Bonchev–Trinajstić information content (AvgIpc) is 3.18. The van der Waals surface area contributed by atoms with Gasteiger partial charge >= 0.3 is 0 Å². The summed E-state index contributed by atoms with van der Waals surface area (Å²) < 4.78 is 11.3. The van der Waals surface area contributed by atoms with Crippen molar-refractivity contribution in [2.24, 2.45) is 0 Å². The lowest BCUT2D eigenvalue weighted by Crippen LogP contribution is -1.97. The molecular formula is C19H16ClN3O2S. The van der Waals surface area contributed by atoms with Gasteiger partial charge in [-0.15, -0.1) is 11.3 Å². The van der Waals surface area contributed by atoms with Crippen LogP contribution in [0.2, 0.25) is 5.02 Å². The van der Waals surface area contributed by atoms with Gasteiger partial charge in [-0.25, -0.2) is 9.97 Å². The zero-order valence-electron chi connectivity index (χ0n) is 14.5. The molecule has 4 aromatic rings. The number of thiophene rings is 1. The molecule has 0 spiro atoms. The summed E-state index contributed by atoms with van der Waals surface area (Å²) in [4.78, 5) is 10.7. The molecule has 0 unspecified atom stereocenters. The van der Waals surface area contributed by atoms with Crippen molar-refractivity contribution in [3.8, 4) is 17.1 Å². The van der Waals surface area contributed by atoms with Gasteiger partial charge in [0.2, 0.25) is 5.88 Å². The first kappa shape index (κ1) is 17.0. The predicted molar refractivity (Wildman–Crippen MR) is 103 cm³/mol. The fourth-order valence-electron chi connectivity index (χ4n) is 2.73. The zero-order chi connectivity index (χ0) is 18.3. The molecule has 0 aliphatic carbocycles. The number of fused-ring (bicyclic) bond motifs is 1. The van der Waals surface area contributed by atoms with Gasteiger partial charge in [0.25, 0.3) is 0 Å². The highest BCUT2D eigenvalue weighted by Crippen LogP contribution is 2.34. The molecule has 0 fully saturated rings. The molecule has 26 heavy (non-hydrogen) atoms. The smallest absolute Gasteiger partial charge is 0.226 e. The molecule has 0 atom stereocenters. The molecule has 0 saturated carbocycles. The van der Waals surface area contributed by atoms with Crippen LogP contribution in [-0.4, -0.2) is 15.1 Å². The van der Waals surface area contributed by atoms with E-state index in [1.165, 1.54) is 11.2 Å². The summed E-state index contributed by atoms with van der Waals surface area (Å²) in [5.41, 5.74) is 3.76. The van der Waals surface area contributed by atoms with Crippen LogP contribution in [0.15, 0.2) is 35.1 Å². The van der Waals surface area contributed by atoms with E-state index in [1.54, 1.807) is 11.3 Å². The van der Waals surface area contributed by atoms with Crippen LogP contribution >= 0.6 is 22.9 Å². The Hall–Kier alpha value is -2.44. The molecule has 4 rings (SSSR count). The highest BCUT2D eigenvalue weighted by atomic mass is 35.5.